The summed E-state index contributed by atoms with van der Waals surface area (Å²) in [7, 11) is -3.80. The second-order valence-corrected chi connectivity index (χ2v) is 8.87. The van der Waals surface area contributed by atoms with Crippen LogP contribution in [0.25, 0.3) is 0 Å². The van der Waals surface area contributed by atoms with E-state index in [4.69, 9.17) is 9.57 Å². The summed E-state index contributed by atoms with van der Waals surface area (Å²) in [5.41, 5.74) is 0.803. The summed E-state index contributed by atoms with van der Waals surface area (Å²) in [4.78, 5) is 5.35. The predicted octanol–water partition coefficient (Wildman–Crippen LogP) is 3.17. The molecule has 0 unspecified atom stereocenters. The van der Waals surface area contributed by atoms with Crippen molar-refractivity contribution in [1.82, 2.24) is 4.31 Å². The van der Waals surface area contributed by atoms with E-state index in [1.165, 1.54) is 4.31 Å². The zero-order chi connectivity index (χ0) is 20.9. The normalized spacial score (nSPS) is 19.8. The number of hydrogen-bond donors (Lipinski definition) is 0. The highest BCUT2D eigenvalue weighted by atomic mass is 32.2. The SMILES string of the molecule is O=S(=O)(c1ccc(OC(F)(F)F)cc1)N1CCC(=NOCC2CCOCC2)CC1. The van der Waals surface area contributed by atoms with Crippen LogP contribution in [-0.4, -0.2) is 57.7 Å². The van der Waals surface area contributed by atoms with Gasteiger partial charge in [-0.25, -0.2) is 8.42 Å². The molecular formula is C18H23F3N2O5S. The molecule has 0 saturated carbocycles. The van der Waals surface area contributed by atoms with E-state index in [0.717, 1.165) is 56.0 Å². The smallest absolute Gasteiger partial charge is 0.406 e. The number of ether oxygens (including phenoxy) is 2. The number of oxime groups is 1. The molecule has 0 radical (unpaired) electrons. The molecule has 0 bridgehead atoms. The molecule has 0 aromatic heterocycles. The van der Waals surface area contributed by atoms with Crippen molar-refractivity contribution in [2.24, 2.45) is 11.1 Å². The van der Waals surface area contributed by atoms with E-state index in [9.17, 15) is 21.6 Å². The molecule has 162 valence electrons. The fourth-order valence-electron chi connectivity index (χ4n) is 3.19. The molecule has 7 nitrogen and oxygen atoms in total. The first kappa shape index (κ1) is 21.8. The summed E-state index contributed by atoms with van der Waals surface area (Å²) >= 11 is 0. The third-order valence-corrected chi connectivity index (χ3v) is 6.75. The minimum Gasteiger partial charge on any atom is -0.406 e. The summed E-state index contributed by atoms with van der Waals surface area (Å²) in [6.45, 7) is 2.48. The van der Waals surface area contributed by atoms with Crippen molar-refractivity contribution in [3.63, 3.8) is 0 Å². The quantitative estimate of drug-likeness (QED) is 0.641. The van der Waals surface area contributed by atoms with Gasteiger partial charge < -0.3 is 14.3 Å². The van der Waals surface area contributed by atoms with Gasteiger partial charge in [0.05, 0.1) is 10.6 Å². The highest BCUT2D eigenvalue weighted by Crippen LogP contribution is 2.26. The maximum absolute atomic E-state index is 12.7. The van der Waals surface area contributed by atoms with Crippen molar-refractivity contribution < 1.29 is 35.9 Å². The third kappa shape index (κ3) is 6.31. The molecule has 29 heavy (non-hydrogen) atoms. The van der Waals surface area contributed by atoms with Gasteiger partial charge in [-0.15, -0.1) is 13.2 Å². The maximum atomic E-state index is 12.7. The van der Waals surface area contributed by atoms with Crippen LogP contribution in [0, 0.1) is 5.92 Å². The minimum absolute atomic E-state index is 0.0804. The van der Waals surface area contributed by atoms with Crippen LogP contribution in [0.1, 0.15) is 25.7 Å². The lowest BCUT2D eigenvalue weighted by Gasteiger charge is -2.27. The molecule has 2 aliphatic rings. The minimum atomic E-state index is -4.82. The van der Waals surface area contributed by atoms with E-state index in [1.54, 1.807) is 0 Å². The zero-order valence-corrected chi connectivity index (χ0v) is 16.5. The predicted molar refractivity (Wildman–Crippen MR) is 98.0 cm³/mol. The second-order valence-electron chi connectivity index (χ2n) is 6.93. The van der Waals surface area contributed by atoms with Crippen molar-refractivity contribution >= 4 is 15.7 Å². The van der Waals surface area contributed by atoms with Gasteiger partial charge in [0.2, 0.25) is 10.0 Å². The first-order chi connectivity index (χ1) is 13.7. The first-order valence-electron chi connectivity index (χ1n) is 9.35. The molecule has 3 rings (SSSR count). The Morgan fingerprint density at radius 2 is 1.72 bits per heavy atom. The number of nitrogens with zero attached hydrogens (tertiary/aromatic N) is 2. The van der Waals surface area contributed by atoms with Crippen molar-refractivity contribution in [2.45, 2.75) is 36.9 Å². The Morgan fingerprint density at radius 1 is 1.10 bits per heavy atom. The van der Waals surface area contributed by atoms with Crippen molar-refractivity contribution in [3.8, 4) is 5.75 Å². The van der Waals surface area contributed by atoms with Gasteiger partial charge in [-0.3, -0.25) is 0 Å². The molecule has 0 N–H and O–H groups in total. The maximum Gasteiger partial charge on any atom is 0.573 e. The van der Waals surface area contributed by atoms with Crippen molar-refractivity contribution in [3.05, 3.63) is 24.3 Å². The Labute approximate surface area is 167 Å². The number of alkyl halides is 3. The average molecular weight is 436 g/mol. The number of halogens is 3. The third-order valence-electron chi connectivity index (χ3n) is 4.84. The monoisotopic (exact) mass is 436 g/mol. The second kappa shape index (κ2) is 9.31. The first-order valence-corrected chi connectivity index (χ1v) is 10.8. The van der Waals surface area contributed by atoms with Crippen molar-refractivity contribution in [2.75, 3.05) is 32.9 Å². The van der Waals surface area contributed by atoms with Gasteiger partial charge in [-0.05, 0) is 37.1 Å². The van der Waals surface area contributed by atoms with Gasteiger partial charge in [0, 0.05) is 45.1 Å². The van der Waals surface area contributed by atoms with E-state index in [2.05, 4.69) is 9.89 Å². The van der Waals surface area contributed by atoms with Crippen LogP contribution in [0.3, 0.4) is 0 Å². The lowest BCUT2D eigenvalue weighted by Crippen LogP contribution is -2.38. The molecule has 0 aliphatic carbocycles. The molecule has 11 heteroatoms. The van der Waals surface area contributed by atoms with Crippen LogP contribution in [0.5, 0.6) is 5.75 Å². The van der Waals surface area contributed by atoms with Crippen molar-refractivity contribution in [1.29, 1.82) is 0 Å². The molecule has 2 saturated heterocycles. The number of benzene rings is 1. The fourth-order valence-corrected chi connectivity index (χ4v) is 4.63. The summed E-state index contributed by atoms with van der Waals surface area (Å²) in [6, 6.07) is 4.19. The van der Waals surface area contributed by atoms with Gasteiger partial charge in [0.25, 0.3) is 0 Å². The van der Waals surface area contributed by atoms with Crippen LogP contribution < -0.4 is 4.74 Å². The van der Waals surface area contributed by atoms with E-state index in [-0.39, 0.29) is 18.0 Å². The highest BCUT2D eigenvalue weighted by Gasteiger charge is 2.32. The Bertz CT molecular complexity index is 796. The largest absolute Gasteiger partial charge is 0.573 e. The Morgan fingerprint density at radius 3 is 2.31 bits per heavy atom. The topological polar surface area (TPSA) is 77.4 Å². The van der Waals surface area contributed by atoms with Gasteiger partial charge in [-0.1, -0.05) is 5.16 Å². The molecule has 2 aliphatic heterocycles. The van der Waals surface area contributed by atoms with Crippen LogP contribution in [0.2, 0.25) is 0 Å². The molecule has 1 aromatic carbocycles. The van der Waals surface area contributed by atoms with Crippen LogP contribution in [-0.2, 0) is 19.6 Å². The van der Waals surface area contributed by atoms with Crippen LogP contribution >= 0.6 is 0 Å². The Hall–Kier alpha value is -1.85. The molecule has 1 aromatic rings. The number of hydrogen-bond acceptors (Lipinski definition) is 6. The van der Waals surface area contributed by atoms with Gasteiger partial charge in [0.15, 0.2) is 0 Å². The summed E-state index contributed by atoms with van der Waals surface area (Å²) in [5.74, 6) is -0.0379. The zero-order valence-electron chi connectivity index (χ0n) is 15.7. The fraction of sp³-hybridized carbons (Fsp3) is 0.611. The number of sulfonamides is 1. The van der Waals surface area contributed by atoms with Gasteiger partial charge >= 0.3 is 6.36 Å². The Balaban J connectivity index is 1.51. The average Bonchev–Trinajstić information content (AvgIpc) is 2.68. The summed E-state index contributed by atoms with van der Waals surface area (Å²) < 4.78 is 72.4. The molecule has 0 spiro atoms. The summed E-state index contributed by atoms with van der Waals surface area (Å²) in [5, 5.41) is 4.14. The van der Waals surface area contributed by atoms with Gasteiger partial charge in [-0.2, -0.15) is 4.31 Å². The van der Waals surface area contributed by atoms with Gasteiger partial charge in [0.1, 0.15) is 12.4 Å². The van der Waals surface area contributed by atoms with Crippen LogP contribution in [0.4, 0.5) is 13.2 Å². The molecular weight excluding hydrogens is 413 g/mol. The van der Waals surface area contributed by atoms with E-state index in [0.29, 0.717) is 25.4 Å². The summed E-state index contributed by atoms with van der Waals surface area (Å²) in [6.07, 6.45) is -2.03. The molecule has 0 atom stereocenters. The number of piperidine rings is 1. The van der Waals surface area contributed by atoms with Crippen LogP contribution in [0.15, 0.2) is 34.3 Å². The standard InChI is InChI=1S/C18H23F3N2O5S/c19-18(20,21)28-16-1-3-17(4-2-16)29(24,25)23-9-5-15(6-10-23)22-27-13-14-7-11-26-12-8-14/h1-4,14H,5-13H2. The molecule has 0 amide bonds. The number of rotatable bonds is 6. The lowest BCUT2D eigenvalue weighted by molar-refractivity contribution is -0.274. The Kier molecular flexibility index (Phi) is 7.01. The highest BCUT2D eigenvalue weighted by molar-refractivity contribution is 7.89. The van der Waals surface area contributed by atoms with E-state index < -0.39 is 22.1 Å². The molecule has 2 heterocycles. The van der Waals surface area contributed by atoms with E-state index in [1.807, 2.05) is 0 Å². The molecule has 2 fully saturated rings. The lowest BCUT2D eigenvalue weighted by atomic mass is 10.0. The van der Waals surface area contributed by atoms with E-state index >= 15 is 0 Å².